The van der Waals surface area contributed by atoms with Gasteiger partial charge in [-0.25, -0.2) is 4.68 Å². The molecule has 2 aromatic rings. The van der Waals surface area contributed by atoms with Gasteiger partial charge in [0.15, 0.2) is 0 Å². The summed E-state index contributed by atoms with van der Waals surface area (Å²) in [5.74, 6) is 1.20. The molecule has 0 saturated carbocycles. The molecule has 0 amide bonds. The summed E-state index contributed by atoms with van der Waals surface area (Å²) in [6, 6.07) is 0. The van der Waals surface area contributed by atoms with Crippen molar-refractivity contribution >= 4 is 0 Å². The lowest BCUT2D eigenvalue weighted by atomic mass is 10.5. The molecule has 1 N–H and O–H groups in total. The van der Waals surface area contributed by atoms with Crippen LogP contribution in [0.3, 0.4) is 0 Å². The third-order valence-corrected chi connectivity index (χ3v) is 2.05. The standard InChI is InChI=1S/C9H14N6O/c1-3-8-12-13-9(16-8)6-15-5-7(4-10-2)11-14-15/h5,10H,3-4,6H2,1-2H3. The first-order valence-corrected chi connectivity index (χ1v) is 5.16. The maximum Gasteiger partial charge on any atom is 0.237 e. The van der Waals surface area contributed by atoms with E-state index < -0.39 is 0 Å². The van der Waals surface area contributed by atoms with Crippen molar-refractivity contribution in [1.82, 2.24) is 30.5 Å². The third kappa shape index (κ3) is 2.43. The quantitative estimate of drug-likeness (QED) is 0.766. The number of aryl methyl sites for hydroxylation is 1. The minimum absolute atomic E-state index is 0.462. The van der Waals surface area contributed by atoms with E-state index in [4.69, 9.17) is 4.42 Å². The van der Waals surface area contributed by atoms with E-state index in [9.17, 15) is 0 Å². The second-order valence-electron chi connectivity index (χ2n) is 3.38. The summed E-state index contributed by atoms with van der Waals surface area (Å²) in [5.41, 5.74) is 0.887. The third-order valence-electron chi connectivity index (χ3n) is 2.05. The molecule has 0 spiro atoms. The zero-order valence-electron chi connectivity index (χ0n) is 9.34. The zero-order chi connectivity index (χ0) is 11.4. The van der Waals surface area contributed by atoms with E-state index in [0.29, 0.717) is 24.9 Å². The summed E-state index contributed by atoms with van der Waals surface area (Å²) in [6.07, 6.45) is 2.60. The predicted molar refractivity (Wildman–Crippen MR) is 55.6 cm³/mol. The summed E-state index contributed by atoms with van der Waals surface area (Å²) in [5, 5.41) is 18.8. The lowest BCUT2D eigenvalue weighted by Gasteiger charge is -1.93. The Labute approximate surface area is 92.9 Å². The van der Waals surface area contributed by atoms with Crippen molar-refractivity contribution in [2.75, 3.05) is 7.05 Å². The molecule has 0 fully saturated rings. The molecule has 0 aliphatic heterocycles. The molecule has 7 heteroatoms. The summed E-state index contributed by atoms with van der Waals surface area (Å²) in [4.78, 5) is 0. The van der Waals surface area contributed by atoms with E-state index in [-0.39, 0.29) is 0 Å². The number of hydrogen-bond donors (Lipinski definition) is 1. The first-order valence-electron chi connectivity index (χ1n) is 5.16. The van der Waals surface area contributed by atoms with E-state index in [1.54, 1.807) is 4.68 Å². The Hall–Kier alpha value is -1.76. The van der Waals surface area contributed by atoms with Crippen molar-refractivity contribution in [1.29, 1.82) is 0 Å². The van der Waals surface area contributed by atoms with Crippen LogP contribution < -0.4 is 5.32 Å². The van der Waals surface area contributed by atoms with Crippen LogP contribution in [0.5, 0.6) is 0 Å². The molecule has 0 atom stereocenters. The Balaban J connectivity index is 2.02. The first kappa shape index (κ1) is 10.7. The van der Waals surface area contributed by atoms with Gasteiger partial charge in [0, 0.05) is 13.0 Å². The van der Waals surface area contributed by atoms with Gasteiger partial charge in [0.1, 0.15) is 6.54 Å². The highest BCUT2D eigenvalue weighted by Crippen LogP contribution is 2.02. The van der Waals surface area contributed by atoms with Crippen LogP contribution in [0.2, 0.25) is 0 Å². The van der Waals surface area contributed by atoms with Crippen LogP contribution in [-0.2, 0) is 19.5 Å². The van der Waals surface area contributed by atoms with Crippen LogP contribution in [0.1, 0.15) is 24.4 Å². The van der Waals surface area contributed by atoms with Crippen molar-refractivity contribution in [3.8, 4) is 0 Å². The lowest BCUT2D eigenvalue weighted by molar-refractivity contribution is 0.430. The molecule has 0 unspecified atom stereocenters. The van der Waals surface area contributed by atoms with Crippen LogP contribution in [0.15, 0.2) is 10.6 Å². The summed E-state index contributed by atoms with van der Waals surface area (Å²) in [6.45, 7) is 3.13. The number of hydrogen-bond acceptors (Lipinski definition) is 6. The van der Waals surface area contributed by atoms with E-state index in [1.165, 1.54) is 0 Å². The number of aromatic nitrogens is 5. The molecule has 2 heterocycles. The van der Waals surface area contributed by atoms with Crippen LogP contribution in [0, 0.1) is 0 Å². The number of rotatable bonds is 5. The van der Waals surface area contributed by atoms with Gasteiger partial charge in [-0.1, -0.05) is 12.1 Å². The Morgan fingerprint density at radius 1 is 1.31 bits per heavy atom. The highest BCUT2D eigenvalue weighted by atomic mass is 16.4. The lowest BCUT2D eigenvalue weighted by Crippen LogP contribution is -2.05. The fraction of sp³-hybridized carbons (Fsp3) is 0.556. The summed E-state index contributed by atoms with van der Waals surface area (Å²) in [7, 11) is 1.87. The van der Waals surface area contributed by atoms with Crippen molar-refractivity contribution in [3.63, 3.8) is 0 Å². The van der Waals surface area contributed by atoms with Crippen molar-refractivity contribution < 1.29 is 4.42 Å². The first-order chi connectivity index (χ1) is 7.81. The van der Waals surface area contributed by atoms with Gasteiger partial charge in [-0.15, -0.1) is 15.3 Å². The Bertz CT molecular complexity index is 448. The van der Waals surface area contributed by atoms with E-state index >= 15 is 0 Å². The van der Waals surface area contributed by atoms with Crippen LogP contribution in [-0.4, -0.2) is 32.2 Å². The minimum atomic E-state index is 0.462. The highest BCUT2D eigenvalue weighted by Gasteiger charge is 2.06. The fourth-order valence-electron chi connectivity index (χ4n) is 1.31. The SMILES string of the molecule is CCc1nnc(Cn2cc(CNC)nn2)o1. The Morgan fingerprint density at radius 2 is 2.12 bits per heavy atom. The largest absolute Gasteiger partial charge is 0.423 e. The van der Waals surface area contributed by atoms with Crippen LogP contribution >= 0.6 is 0 Å². The molecular formula is C9H14N6O. The van der Waals surface area contributed by atoms with Gasteiger partial charge in [0.05, 0.1) is 11.9 Å². The van der Waals surface area contributed by atoms with Crippen molar-refractivity contribution in [2.45, 2.75) is 26.4 Å². The number of nitrogens with one attached hydrogen (secondary N) is 1. The normalized spacial score (nSPS) is 10.9. The molecule has 0 aliphatic rings. The zero-order valence-corrected chi connectivity index (χ0v) is 9.34. The molecule has 0 saturated heterocycles. The van der Waals surface area contributed by atoms with Gasteiger partial charge in [-0.2, -0.15) is 0 Å². The molecule has 16 heavy (non-hydrogen) atoms. The molecule has 0 aliphatic carbocycles. The molecule has 0 bridgehead atoms. The average molecular weight is 222 g/mol. The highest BCUT2D eigenvalue weighted by molar-refractivity contribution is 4.93. The monoisotopic (exact) mass is 222 g/mol. The Morgan fingerprint density at radius 3 is 2.81 bits per heavy atom. The molecule has 2 aromatic heterocycles. The van der Waals surface area contributed by atoms with Crippen LogP contribution in [0.4, 0.5) is 0 Å². The Kier molecular flexibility index (Phi) is 3.25. The van der Waals surface area contributed by atoms with E-state index in [1.807, 2.05) is 20.2 Å². The van der Waals surface area contributed by atoms with Gasteiger partial charge >= 0.3 is 0 Å². The molecular weight excluding hydrogens is 208 g/mol. The van der Waals surface area contributed by atoms with E-state index in [2.05, 4.69) is 25.8 Å². The van der Waals surface area contributed by atoms with Gasteiger partial charge in [-0.05, 0) is 7.05 Å². The van der Waals surface area contributed by atoms with E-state index in [0.717, 1.165) is 12.1 Å². The molecule has 0 aromatic carbocycles. The van der Waals surface area contributed by atoms with Crippen LogP contribution in [0.25, 0.3) is 0 Å². The maximum absolute atomic E-state index is 5.38. The second kappa shape index (κ2) is 4.84. The molecule has 7 nitrogen and oxygen atoms in total. The molecule has 0 radical (unpaired) electrons. The average Bonchev–Trinajstić information content (AvgIpc) is 2.89. The predicted octanol–water partition coefficient (Wildman–Crippen LogP) is -0.00880. The number of nitrogens with zero attached hydrogens (tertiary/aromatic N) is 5. The maximum atomic E-state index is 5.38. The van der Waals surface area contributed by atoms with Gasteiger partial charge < -0.3 is 9.73 Å². The van der Waals surface area contributed by atoms with Crippen molar-refractivity contribution in [3.05, 3.63) is 23.7 Å². The van der Waals surface area contributed by atoms with Gasteiger partial charge in [0.2, 0.25) is 11.8 Å². The molecule has 86 valence electrons. The summed E-state index contributed by atoms with van der Waals surface area (Å²) >= 11 is 0. The fourth-order valence-corrected chi connectivity index (χ4v) is 1.31. The van der Waals surface area contributed by atoms with Gasteiger partial charge in [0.25, 0.3) is 0 Å². The second-order valence-corrected chi connectivity index (χ2v) is 3.38. The summed E-state index contributed by atoms with van der Waals surface area (Å²) < 4.78 is 7.06. The smallest absolute Gasteiger partial charge is 0.237 e. The van der Waals surface area contributed by atoms with Gasteiger partial charge in [-0.3, -0.25) is 0 Å². The van der Waals surface area contributed by atoms with Crippen molar-refractivity contribution in [2.24, 2.45) is 0 Å². The topological polar surface area (TPSA) is 81.7 Å². The molecule has 2 rings (SSSR count). The minimum Gasteiger partial charge on any atom is -0.423 e.